The minimum Gasteiger partial charge on any atom is -0.489 e. The molecule has 1 aliphatic heterocycles. The summed E-state index contributed by atoms with van der Waals surface area (Å²) >= 11 is 3.56. The van der Waals surface area contributed by atoms with Gasteiger partial charge in [-0.15, -0.1) is 0 Å². The number of amides is 1. The lowest BCUT2D eigenvalue weighted by atomic mass is 10.0. The van der Waals surface area contributed by atoms with Gasteiger partial charge in [0.2, 0.25) is 5.91 Å². The van der Waals surface area contributed by atoms with Crippen LogP contribution in [-0.2, 0) is 17.8 Å². The zero-order chi connectivity index (χ0) is 25.5. The molecular weight excluding hydrogens is 532 g/mol. The number of hydrogen-bond acceptors (Lipinski definition) is 5. The van der Waals surface area contributed by atoms with Crippen LogP contribution in [0, 0.1) is 0 Å². The third-order valence-electron chi connectivity index (χ3n) is 6.36. The number of rotatable bonds is 5. The number of anilines is 2. The number of benzene rings is 2. The minimum absolute atomic E-state index is 0.106. The highest BCUT2D eigenvalue weighted by Gasteiger charge is 2.29. The lowest BCUT2D eigenvalue weighted by Gasteiger charge is -2.32. The second kappa shape index (κ2) is 9.29. The summed E-state index contributed by atoms with van der Waals surface area (Å²) in [6.07, 6.45) is 9.22. The highest BCUT2D eigenvalue weighted by molar-refractivity contribution is 9.10. The number of ether oxygens (including phenoxy) is 1. The zero-order valence-corrected chi connectivity index (χ0v) is 21.5. The highest BCUT2D eigenvalue weighted by atomic mass is 79.9. The lowest BCUT2D eigenvalue weighted by Crippen LogP contribution is -2.29. The fourth-order valence-corrected chi connectivity index (χ4v) is 5.11. The number of carbonyl (C=O) groups excluding carboxylic acids is 1. The Morgan fingerprint density at radius 3 is 2.41 bits per heavy atom. The van der Waals surface area contributed by atoms with E-state index in [0.717, 1.165) is 27.0 Å². The van der Waals surface area contributed by atoms with Crippen molar-refractivity contribution in [2.75, 3.05) is 4.90 Å². The van der Waals surface area contributed by atoms with E-state index in [9.17, 15) is 9.59 Å². The van der Waals surface area contributed by atoms with Crippen molar-refractivity contribution in [2.45, 2.75) is 20.0 Å². The Morgan fingerprint density at radius 2 is 1.70 bits per heavy atom. The van der Waals surface area contributed by atoms with Gasteiger partial charge >= 0.3 is 0 Å². The summed E-state index contributed by atoms with van der Waals surface area (Å²) in [5.41, 5.74) is 5.15. The maximum absolute atomic E-state index is 13.8. The van der Waals surface area contributed by atoms with Crippen LogP contribution < -0.4 is 15.1 Å². The number of halogens is 1. The van der Waals surface area contributed by atoms with Crippen LogP contribution in [0.4, 0.5) is 11.4 Å². The van der Waals surface area contributed by atoms with Gasteiger partial charge in [-0.05, 0) is 42.0 Å². The first-order valence-corrected chi connectivity index (χ1v) is 12.5. The molecule has 8 heteroatoms. The first kappa shape index (κ1) is 23.1. The minimum atomic E-state index is -0.160. The molecule has 0 N–H and O–H groups in total. The summed E-state index contributed by atoms with van der Waals surface area (Å²) in [7, 11) is 0. The smallest absolute Gasteiger partial charge is 0.228 e. The van der Waals surface area contributed by atoms with E-state index in [1.807, 2.05) is 59.3 Å². The highest BCUT2D eigenvalue weighted by Crippen LogP contribution is 2.44. The van der Waals surface area contributed by atoms with Gasteiger partial charge in [0, 0.05) is 66.0 Å². The quantitative estimate of drug-likeness (QED) is 0.279. The van der Waals surface area contributed by atoms with E-state index in [2.05, 4.69) is 25.9 Å². The SMILES string of the molecule is CC(=O)N1c2ccc(Br)cc2-n2cc(Cc3cccnc3)c(=O)c3cc(OCc4cccnc4)cc1c32. The van der Waals surface area contributed by atoms with E-state index < -0.39 is 0 Å². The van der Waals surface area contributed by atoms with E-state index in [1.54, 1.807) is 35.8 Å². The third kappa shape index (κ3) is 4.19. The predicted molar refractivity (Wildman–Crippen MR) is 146 cm³/mol. The maximum Gasteiger partial charge on any atom is 0.228 e. The third-order valence-corrected chi connectivity index (χ3v) is 6.86. The summed E-state index contributed by atoms with van der Waals surface area (Å²) in [4.78, 5) is 36.8. The summed E-state index contributed by atoms with van der Waals surface area (Å²) in [6, 6.07) is 16.9. The maximum atomic E-state index is 13.8. The van der Waals surface area contributed by atoms with Gasteiger partial charge in [-0.25, -0.2) is 0 Å². The van der Waals surface area contributed by atoms with Crippen LogP contribution in [0.5, 0.6) is 5.75 Å². The first-order valence-electron chi connectivity index (χ1n) is 11.7. The van der Waals surface area contributed by atoms with Crippen LogP contribution >= 0.6 is 15.9 Å². The molecular formula is C29H21BrN4O3. The molecule has 4 heterocycles. The predicted octanol–water partition coefficient (Wildman–Crippen LogP) is 5.71. The second-order valence-corrected chi connectivity index (χ2v) is 9.78. The van der Waals surface area contributed by atoms with Crippen LogP contribution in [-0.4, -0.2) is 20.4 Å². The summed E-state index contributed by atoms with van der Waals surface area (Å²) in [6.45, 7) is 1.80. The standard InChI is InChI=1S/C29H21BrN4O3/c1-18(35)34-25-7-6-22(30)11-26(25)33-16-21(10-19-4-2-8-31-14-19)29(36)24-12-23(13-27(34)28(24)33)37-17-20-5-3-9-32-15-20/h2-9,11-16H,10,17H2,1H3. The van der Waals surface area contributed by atoms with Gasteiger partial charge < -0.3 is 9.30 Å². The van der Waals surface area contributed by atoms with E-state index in [4.69, 9.17) is 4.74 Å². The first-order chi connectivity index (χ1) is 18.0. The van der Waals surface area contributed by atoms with Gasteiger partial charge in [-0.3, -0.25) is 24.5 Å². The van der Waals surface area contributed by atoms with Crippen LogP contribution in [0.1, 0.15) is 23.6 Å². The average Bonchev–Trinajstić information content (AvgIpc) is 2.91. The Labute approximate surface area is 221 Å². The number of aromatic nitrogens is 3. The van der Waals surface area contributed by atoms with E-state index in [0.29, 0.717) is 34.3 Å². The summed E-state index contributed by atoms with van der Waals surface area (Å²) < 4.78 is 8.98. The molecule has 0 atom stereocenters. The van der Waals surface area contributed by atoms with Gasteiger partial charge in [0.05, 0.1) is 28.0 Å². The van der Waals surface area contributed by atoms with E-state index in [-0.39, 0.29) is 17.9 Å². The fourth-order valence-electron chi connectivity index (χ4n) is 4.76. The average molecular weight is 553 g/mol. The largest absolute Gasteiger partial charge is 0.489 e. The molecule has 0 fully saturated rings. The van der Waals surface area contributed by atoms with Crippen molar-refractivity contribution in [3.05, 3.63) is 117 Å². The number of carbonyl (C=O) groups is 1. The molecule has 5 aromatic rings. The molecule has 0 aliphatic carbocycles. The molecule has 0 radical (unpaired) electrons. The van der Waals surface area contributed by atoms with Crippen molar-refractivity contribution in [3.63, 3.8) is 0 Å². The molecule has 6 rings (SSSR count). The van der Waals surface area contributed by atoms with E-state index in [1.165, 1.54) is 6.92 Å². The molecule has 1 amide bonds. The molecule has 182 valence electrons. The monoisotopic (exact) mass is 552 g/mol. The molecule has 3 aromatic heterocycles. The molecule has 0 bridgehead atoms. The Kier molecular flexibility index (Phi) is 5.81. The van der Waals surface area contributed by atoms with Crippen LogP contribution in [0.15, 0.2) is 94.8 Å². The summed E-state index contributed by atoms with van der Waals surface area (Å²) in [5, 5.41) is 0.483. The normalized spacial score (nSPS) is 11.9. The van der Waals surface area contributed by atoms with Gasteiger partial charge in [0.25, 0.3) is 0 Å². The Bertz CT molecular complexity index is 1720. The molecule has 0 unspecified atom stereocenters. The second-order valence-electron chi connectivity index (χ2n) is 8.87. The fraction of sp³-hybridized carbons (Fsp3) is 0.103. The molecule has 0 spiro atoms. The van der Waals surface area contributed by atoms with Crippen LogP contribution in [0.2, 0.25) is 0 Å². The zero-order valence-electron chi connectivity index (χ0n) is 19.9. The van der Waals surface area contributed by atoms with Crippen LogP contribution in [0.3, 0.4) is 0 Å². The number of pyridine rings is 3. The van der Waals surface area contributed by atoms with Gasteiger partial charge in [0.1, 0.15) is 12.4 Å². The molecule has 2 aromatic carbocycles. The van der Waals surface area contributed by atoms with Crippen molar-refractivity contribution < 1.29 is 9.53 Å². The topological polar surface area (TPSA) is 77.3 Å². The summed E-state index contributed by atoms with van der Waals surface area (Å²) in [5.74, 6) is 0.341. The van der Waals surface area contributed by atoms with Crippen molar-refractivity contribution >= 4 is 44.1 Å². The molecule has 0 saturated carbocycles. The lowest BCUT2D eigenvalue weighted by molar-refractivity contribution is -0.115. The molecule has 1 aliphatic rings. The van der Waals surface area contributed by atoms with Crippen LogP contribution in [0.25, 0.3) is 16.6 Å². The Balaban J connectivity index is 1.60. The van der Waals surface area contributed by atoms with Crippen molar-refractivity contribution in [2.24, 2.45) is 0 Å². The van der Waals surface area contributed by atoms with Crippen molar-refractivity contribution in [3.8, 4) is 11.4 Å². The molecule has 7 nitrogen and oxygen atoms in total. The van der Waals surface area contributed by atoms with E-state index >= 15 is 0 Å². The Morgan fingerprint density at radius 1 is 0.946 bits per heavy atom. The molecule has 37 heavy (non-hydrogen) atoms. The number of nitrogens with zero attached hydrogens (tertiary/aromatic N) is 4. The number of hydrogen-bond donors (Lipinski definition) is 0. The van der Waals surface area contributed by atoms with Crippen molar-refractivity contribution in [1.82, 2.24) is 14.5 Å². The van der Waals surface area contributed by atoms with Crippen molar-refractivity contribution in [1.29, 1.82) is 0 Å². The van der Waals surface area contributed by atoms with Gasteiger partial charge in [-0.1, -0.05) is 28.1 Å². The van der Waals surface area contributed by atoms with Gasteiger partial charge in [0.15, 0.2) is 5.43 Å². The number of fused-ring (bicyclic) bond motifs is 2. The Hall–Kier alpha value is -4.30. The molecule has 0 saturated heterocycles. The van der Waals surface area contributed by atoms with Gasteiger partial charge in [-0.2, -0.15) is 0 Å².